The van der Waals surface area contributed by atoms with Gasteiger partial charge in [0.15, 0.2) is 16.7 Å². The fraction of sp³-hybridized carbons (Fsp3) is 0.200. The van der Waals surface area contributed by atoms with Crippen LogP contribution in [0.1, 0.15) is 0 Å². The third-order valence-corrected chi connectivity index (χ3v) is 6.46. The summed E-state index contributed by atoms with van der Waals surface area (Å²) in [6.07, 6.45) is 3.61. The predicted molar refractivity (Wildman–Crippen MR) is 116 cm³/mol. The number of amides is 1. The average molecular weight is 448 g/mol. The molecule has 2 aromatic carbocycles. The highest BCUT2D eigenvalue weighted by molar-refractivity contribution is 8.00. The van der Waals surface area contributed by atoms with Crippen molar-refractivity contribution in [2.75, 3.05) is 24.3 Å². The van der Waals surface area contributed by atoms with Crippen LogP contribution in [0.5, 0.6) is 11.5 Å². The number of nitrogens with zero attached hydrogens (tertiary/aromatic N) is 2. The first kappa shape index (κ1) is 20.0. The minimum absolute atomic E-state index is 0.117. The van der Waals surface area contributed by atoms with E-state index in [1.807, 2.05) is 42.1 Å². The lowest BCUT2D eigenvalue weighted by molar-refractivity contribution is -0.113. The maximum atomic E-state index is 12.5. The summed E-state index contributed by atoms with van der Waals surface area (Å²) in [6.45, 7) is 1.09. The number of hydrogen-bond donors (Lipinski definition) is 1. The zero-order valence-corrected chi connectivity index (χ0v) is 17.9. The molecule has 0 bridgehead atoms. The van der Waals surface area contributed by atoms with Gasteiger partial charge in [0.25, 0.3) is 0 Å². The summed E-state index contributed by atoms with van der Waals surface area (Å²) >= 11 is 9.05. The normalized spacial score (nSPS) is 12.6. The maximum absolute atomic E-state index is 12.5. The lowest BCUT2D eigenvalue weighted by Crippen LogP contribution is -2.16. The van der Waals surface area contributed by atoms with Gasteiger partial charge in [0, 0.05) is 34.3 Å². The van der Waals surface area contributed by atoms with Crippen molar-refractivity contribution in [2.45, 2.75) is 14.9 Å². The fourth-order valence-electron chi connectivity index (χ4n) is 2.69. The second-order valence-electron chi connectivity index (χ2n) is 6.21. The monoisotopic (exact) mass is 447 g/mol. The number of aryl methyl sites for hydroxylation is 1. The van der Waals surface area contributed by atoms with Gasteiger partial charge in [-0.25, -0.2) is 4.98 Å². The number of rotatable bonds is 6. The number of imidazole rings is 1. The number of carbonyl (C=O) groups excluding carboxylic acids is 1. The van der Waals surface area contributed by atoms with E-state index in [2.05, 4.69) is 10.3 Å². The summed E-state index contributed by atoms with van der Waals surface area (Å²) < 4.78 is 13.0. The van der Waals surface area contributed by atoms with E-state index in [1.54, 1.807) is 18.3 Å². The zero-order chi connectivity index (χ0) is 20.2. The van der Waals surface area contributed by atoms with Gasteiger partial charge in [0.1, 0.15) is 13.2 Å². The van der Waals surface area contributed by atoms with E-state index in [1.165, 1.54) is 23.5 Å². The number of nitrogens with one attached hydrogen (secondary N) is 1. The first-order valence-electron chi connectivity index (χ1n) is 8.85. The summed E-state index contributed by atoms with van der Waals surface area (Å²) in [4.78, 5) is 18.7. The van der Waals surface area contributed by atoms with Crippen LogP contribution < -0.4 is 14.8 Å². The highest BCUT2D eigenvalue weighted by Crippen LogP contribution is 2.36. The molecule has 2 heterocycles. The Kier molecular flexibility index (Phi) is 6.22. The molecule has 29 heavy (non-hydrogen) atoms. The molecule has 0 aliphatic carbocycles. The van der Waals surface area contributed by atoms with E-state index in [9.17, 15) is 4.79 Å². The summed E-state index contributed by atoms with van der Waals surface area (Å²) in [5.41, 5.74) is 0.665. The van der Waals surface area contributed by atoms with E-state index in [0.29, 0.717) is 29.7 Å². The molecule has 1 aliphatic rings. The Balaban J connectivity index is 1.41. The average Bonchev–Trinajstić information content (AvgIpc) is 3.13. The van der Waals surface area contributed by atoms with Gasteiger partial charge in [-0.1, -0.05) is 11.6 Å². The number of aromatic nitrogens is 2. The van der Waals surface area contributed by atoms with Gasteiger partial charge in [-0.05, 0) is 48.2 Å². The number of anilines is 1. The third-order valence-electron chi connectivity index (χ3n) is 4.08. The molecule has 3 aromatic rings. The van der Waals surface area contributed by atoms with Crippen LogP contribution in [0.2, 0.25) is 5.02 Å². The summed E-state index contributed by atoms with van der Waals surface area (Å²) in [7, 11) is 1.92. The number of thioether (sulfide) groups is 1. The molecule has 0 spiro atoms. The van der Waals surface area contributed by atoms with Gasteiger partial charge >= 0.3 is 0 Å². The van der Waals surface area contributed by atoms with Crippen molar-refractivity contribution in [3.63, 3.8) is 0 Å². The molecule has 1 N–H and O–H groups in total. The molecule has 9 heteroatoms. The van der Waals surface area contributed by atoms with Crippen molar-refractivity contribution in [2.24, 2.45) is 7.05 Å². The van der Waals surface area contributed by atoms with E-state index in [-0.39, 0.29) is 11.7 Å². The Hall–Kier alpha value is -2.29. The van der Waals surface area contributed by atoms with Crippen LogP contribution in [0.15, 0.2) is 63.7 Å². The van der Waals surface area contributed by atoms with E-state index in [0.717, 1.165) is 20.7 Å². The third kappa shape index (κ3) is 5.01. The minimum Gasteiger partial charge on any atom is -0.486 e. The van der Waals surface area contributed by atoms with Gasteiger partial charge < -0.3 is 19.4 Å². The Morgan fingerprint density at radius 2 is 2.03 bits per heavy atom. The fourth-order valence-corrected chi connectivity index (χ4v) is 4.45. The van der Waals surface area contributed by atoms with Crippen LogP contribution >= 0.6 is 35.1 Å². The Bertz CT molecular complexity index is 1040. The SMILES string of the molecule is Cn1ccnc1Sc1ccc(Cl)cc1NC(=O)CSc1ccc2c(c1)OCCO2. The van der Waals surface area contributed by atoms with Crippen molar-refractivity contribution < 1.29 is 14.3 Å². The lowest BCUT2D eigenvalue weighted by Gasteiger charge is -2.18. The molecule has 0 fully saturated rings. The Morgan fingerprint density at radius 3 is 2.83 bits per heavy atom. The van der Waals surface area contributed by atoms with Crippen LogP contribution in [-0.2, 0) is 11.8 Å². The molecule has 0 saturated heterocycles. The van der Waals surface area contributed by atoms with Gasteiger partial charge in [-0.3, -0.25) is 4.79 Å². The number of ether oxygens (including phenoxy) is 2. The Labute approximate surface area is 181 Å². The van der Waals surface area contributed by atoms with Crippen LogP contribution in [0, 0.1) is 0 Å². The predicted octanol–water partition coefficient (Wildman–Crippen LogP) is 4.73. The van der Waals surface area contributed by atoms with Crippen molar-refractivity contribution in [1.82, 2.24) is 9.55 Å². The molecule has 1 amide bonds. The molecule has 0 radical (unpaired) electrons. The van der Waals surface area contributed by atoms with Crippen molar-refractivity contribution in [1.29, 1.82) is 0 Å². The molecular weight excluding hydrogens is 430 g/mol. The molecule has 0 saturated carbocycles. The topological polar surface area (TPSA) is 65.4 Å². The van der Waals surface area contributed by atoms with Crippen molar-refractivity contribution in [3.8, 4) is 11.5 Å². The molecule has 0 unspecified atom stereocenters. The molecule has 1 aromatic heterocycles. The summed E-state index contributed by atoms with van der Waals surface area (Å²) in [5, 5.41) is 4.34. The number of fused-ring (bicyclic) bond motifs is 1. The summed E-state index contributed by atoms with van der Waals surface area (Å²) in [6, 6.07) is 11.1. The molecule has 1 aliphatic heterocycles. The maximum Gasteiger partial charge on any atom is 0.234 e. The highest BCUT2D eigenvalue weighted by atomic mass is 35.5. The number of hydrogen-bond acceptors (Lipinski definition) is 6. The molecule has 0 atom stereocenters. The lowest BCUT2D eigenvalue weighted by atomic mass is 10.3. The van der Waals surface area contributed by atoms with Gasteiger partial charge in [-0.2, -0.15) is 0 Å². The molecule has 4 rings (SSSR count). The Morgan fingerprint density at radius 1 is 1.21 bits per heavy atom. The smallest absolute Gasteiger partial charge is 0.234 e. The molecular formula is C20H18ClN3O3S2. The number of benzene rings is 2. The van der Waals surface area contributed by atoms with Crippen molar-refractivity contribution >= 4 is 46.7 Å². The van der Waals surface area contributed by atoms with Gasteiger partial charge in [-0.15, -0.1) is 11.8 Å². The highest BCUT2D eigenvalue weighted by Gasteiger charge is 2.14. The van der Waals surface area contributed by atoms with Crippen LogP contribution in [0.25, 0.3) is 0 Å². The van der Waals surface area contributed by atoms with Gasteiger partial charge in [0.2, 0.25) is 5.91 Å². The van der Waals surface area contributed by atoms with Gasteiger partial charge in [0.05, 0.1) is 11.4 Å². The van der Waals surface area contributed by atoms with E-state index in [4.69, 9.17) is 21.1 Å². The van der Waals surface area contributed by atoms with E-state index < -0.39 is 0 Å². The zero-order valence-electron chi connectivity index (χ0n) is 15.6. The first-order chi connectivity index (χ1) is 14.1. The van der Waals surface area contributed by atoms with Crippen LogP contribution in [-0.4, -0.2) is 34.4 Å². The molecule has 150 valence electrons. The quantitative estimate of drug-likeness (QED) is 0.551. The number of carbonyl (C=O) groups is 1. The minimum atomic E-state index is -0.117. The molecule has 6 nitrogen and oxygen atoms in total. The first-order valence-corrected chi connectivity index (χ1v) is 11.0. The second kappa shape index (κ2) is 9.02. The van der Waals surface area contributed by atoms with Crippen LogP contribution in [0.4, 0.5) is 5.69 Å². The summed E-state index contributed by atoms with van der Waals surface area (Å²) in [5.74, 6) is 1.60. The standard InChI is InChI=1S/C20H18ClN3O3S2/c1-24-7-6-22-20(24)29-18-5-2-13(21)10-15(18)23-19(25)12-28-14-3-4-16-17(11-14)27-9-8-26-16/h2-7,10-11H,8-9,12H2,1H3,(H,23,25). The van der Waals surface area contributed by atoms with Crippen LogP contribution in [0.3, 0.4) is 0 Å². The second-order valence-corrected chi connectivity index (χ2v) is 8.70. The van der Waals surface area contributed by atoms with E-state index >= 15 is 0 Å². The van der Waals surface area contributed by atoms with Crippen molar-refractivity contribution in [3.05, 3.63) is 53.8 Å². The number of halogens is 1. The largest absolute Gasteiger partial charge is 0.486 e.